The molecule has 0 atom stereocenters. The minimum atomic E-state index is 0.0109. The van der Waals surface area contributed by atoms with Crippen molar-refractivity contribution in [2.45, 2.75) is 37.6 Å². The predicted molar refractivity (Wildman–Crippen MR) is 57.2 cm³/mol. The van der Waals surface area contributed by atoms with Crippen LogP contribution < -0.4 is 5.73 Å². The Labute approximate surface area is 84.7 Å². The summed E-state index contributed by atoms with van der Waals surface area (Å²) < 4.78 is 0. The van der Waals surface area contributed by atoms with E-state index in [4.69, 9.17) is 10.8 Å². The highest BCUT2D eigenvalue weighted by atomic mass is 16.3. The van der Waals surface area contributed by atoms with Gasteiger partial charge in [-0.05, 0) is 37.0 Å². The van der Waals surface area contributed by atoms with Crippen molar-refractivity contribution in [3.05, 3.63) is 29.8 Å². The summed E-state index contributed by atoms with van der Waals surface area (Å²) in [7, 11) is 0. The summed E-state index contributed by atoms with van der Waals surface area (Å²) in [6.45, 7) is 0. The van der Waals surface area contributed by atoms with E-state index in [1.165, 1.54) is 18.4 Å². The molecule has 1 aliphatic rings. The van der Waals surface area contributed by atoms with Crippen molar-refractivity contribution >= 4 is 0 Å². The van der Waals surface area contributed by atoms with E-state index in [2.05, 4.69) is 0 Å². The van der Waals surface area contributed by atoms with Gasteiger partial charge in [-0.1, -0.05) is 25.0 Å². The third-order valence-corrected chi connectivity index (χ3v) is 3.09. The van der Waals surface area contributed by atoms with Gasteiger partial charge in [0.05, 0.1) is 0 Å². The normalized spacial score (nSPS) is 19.8. The summed E-state index contributed by atoms with van der Waals surface area (Å²) in [5.74, 6) is 0.325. The molecule has 0 aromatic heterocycles. The standard InChI is InChI=1S/C12H17NO/c13-12(7-1-2-8-12)9-10-3-5-11(14)6-4-10/h3-6,14H,1-2,7-9,13H2. The lowest BCUT2D eigenvalue weighted by molar-refractivity contribution is 0.435. The van der Waals surface area contributed by atoms with Crippen LogP contribution in [-0.2, 0) is 6.42 Å². The number of hydrogen-bond acceptors (Lipinski definition) is 2. The highest BCUT2D eigenvalue weighted by Gasteiger charge is 2.29. The lowest BCUT2D eigenvalue weighted by Gasteiger charge is -2.23. The summed E-state index contributed by atoms with van der Waals surface area (Å²) in [6, 6.07) is 7.38. The summed E-state index contributed by atoms with van der Waals surface area (Å²) in [5, 5.41) is 9.15. The van der Waals surface area contributed by atoms with E-state index < -0.39 is 0 Å². The van der Waals surface area contributed by atoms with E-state index in [0.717, 1.165) is 19.3 Å². The second-order valence-electron chi connectivity index (χ2n) is 4.41. The maximum absolute atomic E-state index is 9.15. The summed E-state index contributed by atoms with van der Waals surface area (Å²) in [4.78, 5) is 0. The third-order valence-electron chi connectivity index (χ3n) is 3.09. The van der Waals surface area contributed by atoms with Crippen molar-refractivity contribution in [3.63, 3.8) is 0 Å². The van der Waals surface area contributed by atoms with Crippen LogP contribution in [0.2, 0.25) is 0 Å². The topological polar surface area (TPSA) is 46.2 Å². The van der Waals surface area contributed by atoms with Gasteiger partial charge in [0, 0.05) is 5.54 Å². The summed E-state index contributed by atoms with van der Waals surface area (Å²) >= 11 is 0. The largest absolute Gasteiger partial charge is 0.508 e. The van der Waals surface area contributed by atoms with Crippen LogP contribution in [0.1, 0.15) is 31.2 Å². The SMILES string of the molecule is NC1(Cc2ccc(O)cc2)CCCC1. The van der Waals surface area contributed by atoms with E-state index in [9.17, 15) is 0 Å². The maximum atomic E-state index is 9.15. The molecule has 2 rings (SSSR count). The molecule has 0 spiro atoms. The van der Waals surface area contributed by atoms with Crippen LogP contribution >= 0.6 is 0 Å². The number of hydrogen-bond donors (Lipinski definition) is 2. The predicted octanol–water partition coefficient (Wildman–Crippen LogP) is 2.21. The zero-order chi connectivity index (χ0) is 10.0. The van der Waals surface area contributed by atoms with Gasteiger partial charge < -0.3 is 10.8 Å². The van der Waals surface area contributed by atoms with Gasteiger partial charge in [-0.3, -0.25) is 0 Å². The van der Waals surface area contributed by atoms with Crippen LogP contribution in [0.15, 0.2) is 24.3 Å². The van der Waals surface area contributed by atoms with Gasteiger partial charge in [0.2, 0.25) is 0 Å². The Kier molecular flexibility index (Phi) is 2.46. The first-order chi connectivity index (χ1) is 6.68. The van der Waals surface area contributed by atoms with Gasteiger partial charge in [0.25, 0.3) is 0 Å². The maximum Gasteiger partial charge on any atom is 0.115 e. The van der Waals surface area contributed by atoms with Crippen molar-refractivity contribution in [2.24, 2.45) is 5.73 Å². The molecule has 2 heteroatoms. The fraction of sp³-hybridized carbons (Fsp3) is 0.500. The van der Waals surface area contributed by atoms with Gasteiger partial charge in [0.15, 0.2) is 0 Å². The quantitative estimate of drug-likeness (QED) is 0.752. The van der Waals surface area contributed by atoms with Gasteiger partial charge in [-0.15, -0.1) is 0 Å². The lowest BCUT2D eigenvalue weighted by atomic mass is 9.90. The van der Waals surface area contributed by atoms with Gasteiger partial charge in [0.1, 0.15) is 5.75 Å². The second-order valence-corrected chi connectivity index (χ2v) is 4.41. The van der Waals surface area contributed by atoms with E-state index in [1.807, 2.05) is 12.1 Å². The zero-order valence-electron chi connectivity index (χ0n) is 8.37. The molecule has 1 aliphatic carbocycles. The molecule has 0 unspecified atom stereocenters. The minimum Gasteiger partial charge on any atom is -0.508 e. The van der Waals surface area contributed by atoms with Crippen LogP contribution in [0.3, 0.4) is 0 Å². The second kappa shape index (κ2) is 3.62. The molecule has 0 radical (unpaired) electrons. The Morgan fingerprint density at radius 3 is 2.29 bits per heavy atom. The highest BCUT2D eigenvalue weighted by molar-refractivity contribution is 5.27. The molecular formula is C12H17NO. The van der Waals surface area contributed by atoms with Crippen molar-refractivity contribution in [3.8, 4) is 5.75 Å². The monoisotopic (exact) mass is 191 g/mol. The first-order valence-electron chi connectivity index (χ1n) is 5.25. The molecule has 1 aromatic rings. The third kappa shape index (κ3) is 2.07. The van der Waals surface area contributed by atoms with E-state index in [-0.39, 0.29) is 5.54 Å². The molecule has 0 saturated heterocycles. The van der Waals surface area contributed by atoms with Crippen LogP contribution in [-0.4, -0.2) is 10.6 Å². The van der Waals surface area contributed by atoms with Crippen molar-refractivity contribution in [1.82, 2.24) is 0 Å². The van der Waals surface area contributed by atoms with E-state index >= 15 is 0 Å². The summed E-state index contributed by atoms with van der Waals surface area (Å²) in [6.07, 6.45) is 5.72. The first kappa shape index (κ1) is 9.53. The Hall–Kier alpha value is -1.02. The fourth-order valence-corrected chi connectivity index (χ4v) is 2.28. The zero-order valence-corrected chi connectivity index (χ0v) is 8.37. The number of rotatable bonds is 2. The van der Waals surface area contributed by atoms with Crippen LogP contribution in [0.25, 0.3) is 0 Å². The average Bonchev–Trinajstić information content (AvgIpc) is 2.57. The van der Waals surface area contributed by atoms with Gasteiger partial charge in [-0.25, -0.2) is 0 Å². The van der Waals surface area contributed by atoms with Crippen molar-refractivity contribution < 1.29 is 5.11 Å². The Balaban J connectivity index is 2.06. The highest BCUT2D eigenvalue weighted by Crippen LogP contribution is 2.30. The molecule has 14 heavy (non-hydrogen) atoms. The number of aromatic hydroxyl groups is 1. The molecule has 3 N–H and O–H groups in total. The minimum absolute atomic E-state index is 0.0109. The Morgan fingerprint density at radius 2 is 1.71 bits per heavy atom. The lowest BCUT2D eigenvalue weighted by Crippen LogP contribution is -2.38. The number of benzene rings is 1. The molecule has 76 valence electrons. The molecule has 0 aliphatic heterocycles. The van der Waals surface area contributed by atoms with E-state index in [1.54, 1.807) is 12.1 Å². The van der Waals surface area contributed by atoms with Gasteiger partial charge >= 0.3 is 0 Å². The average molecular weight is 191 g/mol. The molecule has 1 fully saturated rings. The molecule has 0 heterocycles. The van der Waals surface area contributed by atoms with Crippen LogP contribution in [0.5, 0.6) is 5.75 Å². The molecule has 0 bridgehead atoms. The molecule has 2 nitrogen and oxygen atoms in total. The number of phenols is 1. The fourth-order valence-electron chi connectivity index (χ4n) is 2.28. The number of phenolic OH excluding ortho intramolecular Hbond substituents is 1. The van der Waals surface area contributed by atoms with Crippen molar-refractivity contribution in [2.75, 3.05) is 0 Å². The first-order valence-corrected chi connectivity index (χ1v) is 5.25. The molecule has 0 amide bonds. The molecule has 1 aromatic carbocycles. The molecular weight excluding hydrogens is 174 g/mol. The van der Waals surface area contributed by atoms with Gasteiger partial charge in [-0.2, -0.15) is 0 Å². The Morgan fingerprint density at radius 1 is 1.14 bits per heavy atom. The molecule has 1 saturated carbocycles. The smallest absolute Gasteiger partial charge is 0.115 e. The number of nitrogens with two attached hydrogens (primary N) is 1. The Bertz CT molecular complexity index is 299. The summed E-state index contributed by atoms with van der Waals surface area (Å²) in [5.41, 5.74) is 7.51. The van der Waals surface area contributed by atoms with Crippen molar-refractivity contribution in [1.29, 1.82) is 0 Å². The van der Waals surface area contributed by atoms with Crippen LogP contribution in [0.4, 0.5) is 0 Å². The van der Waals surface area contributed by atoms with E-state index in [0.29, 0.717) is 5.75 Å². The van der Waals surface area contributed by atoms with Crippen LogP contribution in [0, 0.1) is 0 Å².